The van der Waals surface area contributed by atoms with Crippen molar-refractivity contribution in [1.29, 1.82) is 0 Å². The van der Waals surface area contributed by atoms with E-state index in [-0.39, 0.29) is 0 Å². The Labute approximate surface area is 104 Å². The topological polar surface area (TPSA) is 6.48 Å². The minimum Gasteiger partial charge on any atom is -0.358 e. The van der Waals surface area contributed by atoms with Gasteiger partial charge in [0.25, 0.3) is 0 Å². The molecular formula is C15H20N2. The molecule has 3 unspecified atom stereocenters. The average Bonchev–Trinajstić information content (AvgIpc) is 2.73. The monoisotopic (exact) mass is 228 g/mol. The molecule has 0 spiro atoms. The fraction of sp³-hybridized carbons (Fsp3) is 0.467. The molecule has 0 amide bonds. The molecule has 1 aromatic rings. The first kappa shape index (κ1) is 10.7. The Bertz CT molecular complexity index is 452. The molecule has 0 radical (unpaired) electrons. The Morgan fingerprint density at radius 2 is 1.94 bits per heavy atom. The van der Waals surface area contributed by atoms with E-state index >= 15 is 0 Å². The van der Waals surface area contributed by atoms with E-state index in [1.165, 1.54) is 17.7 Å². The number of rotatable bonds is 1. The lowest BCUT2D eigenvalue weighted by Crippen LogP contribution is -2.47. The second-order valence-electron chi connectivity index (χ2n) is 5.20. The van der Waals surface area contributed by atoms with Crippen LogP contribution < -0.4 is 4.90 Å². The van der Waals surface area contributed by atoms with Crippen molar-refractivity contribution < 1.29 is 0 Å². The van der Waals surface area contributed by atoms with Crippen LogP contribution in [0.15, 0.2) is 36.7 Å². The van der Waals surface area contributed by atoms with Crippen LogP contribution in [-0.4, -0.2) is 18.1 Å². The normalized spacial score (nSPS) is 30.4. The summed E-state index contributed by atoms with van der Waals surface area (Å²) >= 11 is 0. The van der Waals surface area contributed by atoms with Crippen molar-refractivity contribution in [2.24, 2.45) is 5.92 Å². The summed E-state index contributed by atoms with van der Waals surface area (Å²) in [5.74, 6) is 1.34. The van der Waals surface area contributed by atoms with Crippen LogP contribution in [-0.2, 0) is 0 Å². The van der Waals surface area contributed by atoms with Gasteiger partial charge in [0.05, 0.1) is 0 Å². The molecule has 0 N–H and O–H groups in total. The van der Waals surface area contributed by atoms with E-state index in [1.54, 1.807) is 0 Å². The van der Waals surface area contributed by atoms with Gasteiger partial charge in [0.15, 0.2) is 0 Å². The van der Waals surface area contributed by atoms with Gasteiger partial charge in [-0.15, -0.1) is 0 Å². The number of benzene rings is 1. The summed E-state index contributed by atoms with van der Waals surface area (Å²) in [6.45, 7) is 4.68. The molecule has 0 saturated carbocycles. The Balaban J connectivity index is 2.12. The lowest BCUT2D eigenvalue weighted by atomic mass is 9.79. The molecule has 90 valence electrons. The molecule has 1 aromatic carbocycles. The minimum absolute atomic E-state index is 0.505. The van der Waals surface area contributed by atoms with Gasteiger partial charge >= 0.3 is 0 Å². The molecule has 2 heterocycles. The van der Waals surface area contributed by atoms with E-state index in [0.29, 0.717) is 18.0 Å². The number of para-hydroxylation sites is 1. The SMILES string of the molecule is CCC1C(C)c2ccccc2N2C=CN(C)C12. The summed E-state index contributed by atoms with van der Waals surface area (Å²) in [4.78, 5) is 4.78. The second kappa shape index (κ2) is 3.80. The number of anilines is 1. The van der Waals surface area contributed by atoms with Crippen LogP contribution in [0.3, 0.4) is 0 Å². The van der Waals surface area contributed by atoms with Gasteiger partial charge in [-0.25, -0.2) is 0 Å². The maximum Gasteiger partial charge on any atom is 0.108 e. The Hall–Kier alpha value is -1.44. The molecule has 2 nitrogen and oxygen atoms in total. The van der Waals surface area contributed by atoms with Gasteiger partial charge in [-0.1, -0.05) is 32.0 Å². The van der Waals surface area contributed by atoms with E-state index < -0.39 is 0 Å². The Morgan fingerprint density at radius 3 is 2.71 bits per heavy atom. The lowest BCUT2D eigenvalue weighted by Gasteiger charge is -2.45. The summed E-state index contributed by atoms with van der Waals surface area (Å²) < 4.78 is 0. The number of hydrogen-bond acceptors (Lipinski definition) is 2. The van der Waals surface area contributed by atoms with Gasteiger partial charge in [0.2, 0.25) is 0 Å². The Kier molecular flexibility index (Phi) is 2.39. The molecule has 2 aliphatic heterocycles. The molecule has 0 aromatic heterocycles. The zero-order chi connectivity index (χ0) is 12.0. The highest BCUT2D eigenvalue weighted by Gasteiger charge is 2.40. The van der Waals surface area contributed by atoms with Gasteiger partial charge in [-0.05, 0) is 24.0 Å². The highest BCUT2D eigenvalue weighted by molar-refractivity contribution is 5.61. The largest absolute Gasteiger partial charge is 0.358 e. The molecule has 0 aliphatic carbocycles. The van der Waals surface area contributed by atoms with Crippen LogP contribution in [0.2, 0.25) is 0 Å². The summed E-state index contributed by atoms with van der Waals surface area (Å²) in [7, 11) is 2.18. The predicted molar refractivity (Wildman–Crippen MR) is 71.8 cm³/mol. The van der Waals surface area contributed by atoms with Crippen LogP contribution in [0.4, 0.5) is 5.69 Å². The zero-order valence-corrected chi connectivity index (χ0v) is 10.8. The molecule has 0 bridgehead atoms. The van der Waals surface area contributed by atoms with Gasteiger partial charge in [0, 0.05) is 31.1 Å². The van der Waals surface area contributed by atoms with Gasteiger partial charge in [0.1, 0.15) is 6.17 Å². The van der Waals surface area contributed by atoms with Crippen LogP contribution in [0, 0.1) is 5.92 Å². The van der Waals surface area contributed by atoms with Crippen molar-refractivity contribution in [3.63, 3.8) is 0 Å². The van der Waals surface area contributed by atoms with Gasteiger partial charge < -0.3 is 9.80 Å². The summed E-state index contributed by atoms with van der Waals surface area (Å²) in [6.07, 6.45) is 6.15. The maximum absolute atomic E-state index is 2.43. The van der Waals surface area contributed by atoms with Crippen molar-refractivity contribution in [3.8, 4) is 0 Å². The van der Waals surface area contributed by atoms with E-state index in [1.807, 2.05) is 0 Å². The third-order valence-electron chi connectivity index (χ3n) is 4.37. The van der Waals surface area contributed by atoms with E-state index in [9.17, 15) is 0 Å². The molecule has 3 rings (SSSR count). The highest BCUT2D eigenvalue weighted by atomic mass is 15.4. The molecule has 2 heteroatoms. The van der Waals surface area contributed by atoms with Crippen LogP contribution in [0.25, 0.3) is 0 Å². The number of fused-ring (bicyclic) bond motifs is 3. The van der Waals surface area contributed by atoms with E-state index in [2.05, 4.69) is 67.4 Å². The fourth-order valence-electron chi connectivity index (χ4n) is 3.44. The summed E-state index contributed by atoms with van der Waals surface area (Å²) in [5, 5.41) is 0. The Morgan fingerprint density at radius 1 is 1.18 bits per heavy atom. The third kappa shape index (κ3) is 1.40. The van der Waals surface area contributed by atoms with Crippen LogP contribution >= 0.6 is 0 Å². The van der Waals surface area contributed by atoms with Crippen molar-refractivity contribution in [2.75, 3.05) is 11.9 Å². The molecular weight excluding hydrogens is 208 g/mol. The quantitative estimate of drug-likeness (QED) is 0.727. The predicted octanol–water partition coefficient (Wildman–Crippen LogP) is 3.38. The van der Waals surface area contributed by atoms with Crippen molar-refractivity contribution in [2.45, 2.75) is 32.4 Å². The fourth-order valence-corrected chi connectivity index (χ4v) is 3.44. The average molecular weight is 228 g/mol. The summed E-state index contributed by atoms with van der Waals surface area (Å²) in [6, 6.07) is 8.83. The van der Waals surface area contributed by atoms with Crippen LogP contribution in [0.5, 0.6) is 0 Å². The zero-order valence-electron chi connectivity index (χ0n) is 10.8. The van der Waals surface area contributed by atoms with Crippen molar-refractivity contribution in [3.05, 3.63) is 42.2 Å². The van der Waals surface area contributed by atoms with Crippen molar-refractivity contribution >= 4 is 5.69 Å². The number of nitrogens with zero attached hydrogens (tertiary/aromatic N) is 2. The number of hydrogen-bond donors (Lipinski definition) is 0. The molecule has 0 fully saturated rings. The maximum atomic E-state index is 2.43. The first-order valence-corrected chi connectivity index (χ1v) is 6.51. The first-order valence-electron chi connectivity index (χ1n) is 6.51. The van der Waals surface area contributed by atoms with Gasteiger partial charge in [-0.2, -0.15) is 0 Å². The van der Waals surface area contributed by atoms with Gasteiger partial charge in [-0.3, -0.25) is 0 Å². The second-order valence-corrected chi connectivity index (χ2v) is 5.20. The van der Waals surface area contributed by atoms with Crippen LogP contribution in [0.1, 0.15) is 31.7 Å². The first-order chi connectivity index (χ1) is 8.24. The standard InChI is InChI=1S/C15H20N2/c1-4-12-11(2)13-7-5-6-8-14(13)17-10-9-16(3)15(12)17/h5-12,15H,4H2,1-3H3. The molecule has 2 aliphatic rings. The minimum atomic E-state index is 0.505. The van der Waals surface area contributed by atoms with E-state index in [0.717, 1.165) is 0 Å². The lowest BCUT2D eigenvalue weighted by molar-refractivity contribution is 0.213. The van der Waals surface area contributed by atoms with Crippen molar-refractivity contribution in [1.82, 2.24) is 4.90 Å². The molecule has 3 atom stereocenters. The highest BCUT2D eigenvalue weighted by Crippen LogP contribution is 2.45. The summed E-state index contributed by atoms with van der Waals surface area (Å²) in [5.41, 5.74) is 2.88. The molecule has 0 saturated heterocycles. The van der Waals surface area contributed by atoms with E-state index in [4.69, 9.17) is 0 Å². The third-order valence-corrected chi connectivity index (χ3v) is 4.37. The smallest absolute Gasteiger partial charge is 0.108 e. The molecule has 17 heavy (non-hydrogen) atoms.